The molecule has 1 aromatic heterocycles. The maximum absolute atomic E-state index is 11.7. The van der Waals surface area contributed by atoms with Crippen LogP contribution in [0.15, 0.2) is 24.4 Å². The molecule has 126 valence electrons. The number of rotatable bonds is 7. The first kappa shape index (κ1) is 17.5. The van der Waals surface area contributed by atoms with Crippen molar-refractivity contribution < 1.29 is 9.53 Å². The summed E-state index contributed by atoms with van der Waals surface area (Å²) in [5.74, 6) is 0.460. The molecule has 1 N–H and O–H groups in total. The molecule has 0 saturated carbocycles. The lowest BCUT2D eigenvalue weighted by Gasteiger charge is -2.30. The Bertz CT molecular complexity index is 650. The summed E-state index contributed by atoms with van der Waals surface area (Å²) in [5.41, 5.74) is 2.22. The van der Waals surface area contributed by atoms with Crippen molar-refractivity contribution in [3.63, 3.8) is 0 Å². The summed E-state index contributed by atoms with van der Waals surface area (Å²) < 4.78 is 5.50. The third-order valence-corrected chi connectivity index (χ3v) is 4.23. The summed E-state index contributed by atoms with van der Waals surface area (Å²) in [4.78, 5) is 17.4. The van der Waals surface area contributed by atoms with E-state index in [1.807, 2.05) is 31.3 Å². The van der Waals surface area contributed by atoms with Crippen LogP contribution in [0.5, 0.6) is 5.75 Å². The number of H-pyrrole nitrogens is 1. The van der Waals surface area contributed by atoms with Gasteiger partial charge in [0.25, 0.3) is 0 Å². The van der Waals surface area contributed by atoms with Gasteiger partial charge < -0.3 is 9.72 Å². The van der Waals surface area contributed by atoms with E-state index in [0.717, 1.165) is 23.9 Å². The van der Waals surface area contributed by atoms with Crippen LogP contribution in [0.25, 0.3) is 10.9 Å². The highest BCUT2D eigenvalue weighted by molar-refractivity contribution is 5.91. The van der Waals surface area contributed by atoms with Crippen LogP contribution in [-0.4, -0.2) is 34.5 Å². The topological polar surface area (TPSA) is 45.3 Å². The third-order valence-electron chi connectivity index (χ3n) is 4.23. The molecule has 2 aromatic rings. The number of fused-ring (bicyclic) bond motifs is 1. The van der Waals surface area contributed by atoms with Gasteiger partial charge in [0.05, 0.1) is 0 Å². The van der Waals surface area contributed by atoms with E-state index < -0.39 is 0 Å². The molecular formula is C19H28N2O2. The molecule has 4 nitrogen and oxygen atoms in total. The number of aromatic nitrogens is 1. The van der Waals surface area contributed by atoms with Crippen LogP contribution in [0, 0.1) is 0 Å². The van der Waals surface area contributed by atoms with Gasteiger partial charge in [-0.1, -0.05) is 13.0 Å². The molecular weight excluding hydrogens is 288 g/mol. The van der Waals surface area contributed by atoms with Gasteiger partial charge in [-0.25, -0.2) is 0 Å². The molecule has 0 spiro atoms. The summed E-state index contributed by atoms with van der Waals surface area (Å²) in [5, 5.41) is 1.03. The van der Waals surface area contributed by atoms with Crippen molar-refractivity contribution in [1.29, 1.82) is 0 Å². The van der Waals surface area contributed by atoms with E-state index in [0.29, 0.717) is 24.3 Å². The lowest BCUT2D eigenvalue weighted by molar-refractivity contribution is -0.133. The second kappa shape index (κ2) is 7.64. The molecule has 0 amide bonds. The Labute approximate surface area is 138 Å². The first-order chi connectivity index (χ1) is 10.9. The monoisotopic (exact) mass is 316 g/mol. The molecule has 0 fully saturated rings. The average molecular weight is 316 g/mol. The maximum Gasteiger partial charge on any atom is 0.310 e. The van der Waals surface area contributed by atoms with E-state index in [4.69, 9.17) is 4.74 Å². The van der Waals surface area contributed by atoms with Gasteiger partial charge in [-0.3, -0.25) is 9.69 Å². The van der Waals surface area contributed by atoms with E-state index in [2.05, 4.69) is 37.6 Å². The minimum atomic E-state index is -0.198. The predicted octanol–water partition coefficient (Wildman–Crippen LogP) is 4.14. The Balaban J connectivity index is 2.25. The van der Waals surface area contributed by atoms with Gasteiger partial charge in [0.2, 0.25) is 0 Å². The third kappa shape index (κ3) is 4.14. The summed E-state index contributed by atoms with van der Waals surface area (Å²) in [6.07, 6.45) is 3.34. The minimum Gasteiger partial charge on any atom is -0.426 e. The van der Waals surface area contributed by atoms with E-state index >= 15 is 0 Å². The molecule has 1 heterocycles. The number of nitrogens with zero attached hydrogens (tertiary/aromatic N) is 1. The van der Waals surface area contributed by atoms with Gasteiger partial charge >= 0.3 is 5.97 Å². The highest BCUT2D eigenvalue weighted by Gasteiger charge is 2.16. The number of hydrogen-bond acceptors (Lipinski definition) is 3. The van der Waals surface area contributed by atoms with E-state index in [1.165, 1.54) is 5.56 Å². The zero-order chi connectivity index (χ0) is 17.0. The Morgan fingerprint density at radius 1 is 1.22 bits per heavy atom. The second-order valence-corrected chi connectivity index (χ2v) is 6.50. The van der Waals surface area contributed by atoms with Crippen LogP contribution in [0.1, 0.15) is 46.6 Å². The van der Waals surface area contributed by atoms with Crippen molar-refractivity contribution in [1.82, 2.24) is 9.88 Å². The first-order valence-electron chi connectivity index (χ1n) is 8.49. The normalized spacial score (nSPS) is 11.8. The number of carbonyl (C=O) groups excluding carboxylic acids is 1. The van der Waals surface area contributed by atoms with Crippen molar-refractivity contribution in [2.45, 2.75) is 59.5 Å². The van der Waals surface area contributed by atoms with Crippen LogP contribution in [0.3, 0.4) is 0 Å². The number of ether oxygens (including phenoxy) is 1. The second-order valence-electron chi connectivity index (χ2n) is 6.50. The van der Waals surface area contributed by atoms with Crippen molar-refractivity contribution >= 4 is 16.9 Å². The van der Waals surface area contributed by atoms with Crippen molar-refractivity contribution in [3.05, 3.63) is 30.0 Å². The smallest absolute Gasteiger partial charge is 0.310 e. The Morgan fingerprint density at radius 2 is 1.91 bits per heavy atom. The van der Waals surface area contributed by atoms with Crippen LogP contribution in [-0.2, 0) is 11.2 Å². The minimum absolute atomic E-state index is 0.198. The van der Waals surface area contributed by atoms with Crippen molar-refractivity contribution in [2.75, 3.05) is 6.54 Å². The largest absolute Gasteiger partial charge is 0.426 e. The number of carbonyl (C=O) groups is 1. The number of hydrogen-bond donors (Lipinski definition) is 1. The SMILES string of the molecule is CCC(=O)Oc1cccc2[nH]cc(CCN(C(C)C)C(C)C)c12. The maximum atomic E-state index is 11.7. The Kier molecular flexibility index (Phi) is 5.83. The molecule has 0 radical (unpaired) electrons. The first-order valence-corrected chi connectivity index (χ1v) is 8.49. The number of esters is 1. The van der Waals surface area contributed by atoms with Crippen LogP contribution < -0.4 is 4.74 Å². The fourth-order valence-corrected chi connectivity index (χ4v) is 3.06. The van der Waals surface area contributed by atoms with E-state index in [9.17, 15) is 4.79 Å². The average Bonchev–Trinajstić information content (AvgIpc) is 2.91. The molecule has 4 heteroatoms. The molecule has 23 heavy (non-hydrogen) atoms. The van der Waals surface area contributed by atoms with E-state index in [-0.39, 0.29) is 5.97 Å². The molecule has 0 aliphatic heterocycles. The highest BCUT2D eigenvalue weighted by Crippen LogP contribution is 2.29. The Morgan fingerprint density at radius 3 is 2.52 bits per heavy atom. The fourth-order valence-electron chi connectivity index (χ4n) is 3.06. The van der Waals surface area contributed by atoms with Gasteiger partial charge in [-0.05, 0) is 51.8 Å². The van der Waals surface area contributed by atoms with Crippen molar-refractivity contribution in [3.8, 4) is 5.75 Å². The molecule has 0 aliphatic carbocycles. The fraction of sp³-hybridized carbons (Fsp3) is 0.526. The van der Waals surface area contributed by atoms with Crippen LogP contribution >= 0.6 is 0 Å². The van der Waals surface area contributed by atoms with Gasteiger partial charge in [-0.15, -0.1) is 0 Å². The molecule has 0 unspecified atom stereocenters. The van der Waals surface area contributed by atoms with Gasteiger partial charge in [0, 0.05) is 42.1 Å². The summed E-state index contributed by atoms with van der Waals surface area (Å²) in [6.45, 7) is 11.7. The summed E-state index contributed by atoms with van der Waals surface area (Å²) in [6, 6.07) is 6.83. The molecule has 0 atom stereocenters. The molecule has 0 bridgehead atoms. The lowest BCUT2D eigenvalue weighted by Crippen LogP contribution is -2.38. The molecule has 1 aromatic carbocycles. The van der Waals surface area contributed by atoms with Crippen molar-refractivity contribution in [2.24, 2.45) is 0 Å². The molecule has 0 aliphatic rings. The van der Waals surface area contributed by atoms with E-state index in [1.54, 1.807) is 0 Å². The summed E-state index contributed by atoms with van der Waals surface area (Å²) >= 11 is 0. The predicted molar refractivity (Wildman–Crippen MR) is 94.9 cm³/mol. The number of nitrogens with one attached hydrogen (secondary N) is 1. The molecule has 2 rings (SSSR count). The summed E-state index contributed by atoms with van der Waals surface area (Å²) in [7, 11) is 0. The number of aromatic amines is 1. The van der Waals surface area contributed by atoms with Crippen LogP contribution in [0.2, 0.25) is 0 Å². The van der Waals surface area contributed by atoms with Gasteiger partial charge in [0.1, 0.15) is 5.75 Å². The Hall–Kier alpha value is -1.81. The van der Waals surface area contributed by atoms with Gasteiger partial charge in [0.15, 0.2) is 0 Å². The lowest BCUT2D eigenvalue weighted by atomic mass is 10.1. The zero-order valence-electron chi connectivity index (χ0n) is 14.8. The van der Waals surface area contributed by atoms with Gasteiger partial charge in [-0.2, -0.15) is 0 Å². The quantitative estimate of drug-likeness (QED) is 0.616. The highest BCUT2D eigenvalue weighted by atomic mass is 16.5. The molecule has 0 saturated heterocycles. The number of benzene rings is 1. The van der Waals surface area contributed by atoms with Crippen LogP contribution in [0.4, 0.5) is 0 Å². The zero-order valence-corrected chi connectivity index (χ0v) is 14.8. The standard InChI is InChI=1S/C19H28N2O2/c1-6-18(22)23-17-9-7-8-16-19(17)15(12-20-16)10-11-21(13(2)3)14(4)5/h7-9,12-14,20H,6,10-11H2,1-5H3.